The molecule has 0 aromatic carbocycles. The topological polar surface area (TPSA) is 35.5 Å². The lowest BCUT2D eigenvalue weighted by molar-refractivity contribution is 0.117. The Morgan fingerprint density at radius 3 is 2.92 bits per heavy atom. The second-order valence-corrected chi connectivity index (χ2v) is 3.69. The number of cyclic esters (lactones) is 2. The predicted molar refractivity (Wildman–Crippen MR) is 37.4 cm³/mol. The van der Waals surface area contributed by atoms with Gasteiger partial charge in [-0.25, -0.2) is 13.6 Å². The van der Waals surface area contributed by atoms with Crippen molar-refractivity contribution in [3.8, 4) is 0 Å². The van der Waals surface area contributed by atoms with E-state index in [0.29, 0.717) is 12.5 Å². The van der Waals surface area contributed by atoms with Gasteiger partial charge in [-0.3, -0.25) is 0 Å². The van der Waals surface area contributed by atoms with Gasteiger partial charge in [0.1, 0.15) is 22.2 Å². The van der Waals surface area contributed by atoms with E-state index in [-0.39, 0.29) is 22.2 Å². The average molecular weight is 194 g/mol. The third kappa shape index (κ3) is 3.16. The molecule has 6 heteroatoms. The Labute approximate surface area is 70.9 Å². The molecule has 0 aromatic rings. The predicted octanol–water partition coefficient (Wildman–Crippen LogP) is 1.26. The van der Waals surface area contributed by atoms with Crippen LogP contribution in [0.25, 0.3) is 0 Å². The highest BCUT2D eigenvalue weighted by Gasteiger charge is 2.24. The second-order valence-electron chi connectivity index (χ2n) is 2.34. The third-order valence-electron chi connectivity index (χ3n) is 1.41. The number of rotatable bonds is 4. The Hall–Kier alpha value is -0.653. The van der Waals surface area contributed by atoms with Gasteiger partial charge in [-0.2, -0.15) is 0 Å². The molecule has 1 aliphatic rings. The number of carbonyl (C=O) groups is 1. The van der Waals surface area contributed by atoms with Gasteiger partial charge >= 0.3 is 6.16 Å². The molecule has 12 heavy (non-hydrogen) atoms. The number of hydrogen-bond donors (Lipinski definition) is 0. The first-order valence-corrected chi connectivity index (χ1v) is 4.82. The first-order chi connectivity index (χ1) is 5.68. The van der Waals surface area contributed by atoms with Crippen molar-refractivity contribution in [2.24, 2.45) is 0 Å². The molecule has 0 saturated carbocycles. The number of carbonyl (C=O) groups excluding carboxylic acids is 1. The lowest BCUT2D eigenvalue weighted by Crippen LogP contribution is -2.13. The van der Waals surface area contributed by atoms with E-state index >= 15 is 0 Å². The van der Waals surface area contributed by atoms with Crippen molar-refractivity contribution in [3.05, 3.63) is 0 Å². The van der Waals surface area contributed by atoms with Crippen LogP contribution < -0.4 is 0 Å². The highest BCUT2D eigenvalue weighted by atomic mass is 28.2. The highest BCUT2D eigenvalue weighted by molar-refractivity contribution is 6.36. The maximum absolute atomic E-state index is 11.7. The molecule has 1 fully saturated rings. The smallest absolute Gasteiger partial charge is 0.430 e. The largest absolute Gasteiger partial charge is 0.508 e. The summed E-state index contributed by atoms with van der Waals surface area (Å²) in [5.41, 5.74) is 0. The summed E-state index contributed by atoms with van der Waals surface area (Å²) in [6, 6.07) is -1.86. The standard InChI is InChI=1S/C6H8F2O3Si/c7-5(8)12-2-1-4-3-10-6(9)11-4/h4-5H,1-3H2. The molecule has 1 rings (SSSR count). The van der Waals surface area contributed by atoms with Gasteiger partial charge in [-0.15, -0.1) is 0 Å². The van der Waals surface area contributed by atoms with Crippen molar-refractivity contribution in [1.29, 1.82) is 0 Å². The molecule has 3 nitrogen and oxygen atoms in total. The summed E-state index contributed by atoms with van der Waals surface area (Å²) < 4.78 is 32.4. The maximum atomic E-state index is 11.7. The minimum Gasteiger partial charge on any atom is -0.430 e. The van der Waals surface area contributed by atoms with Crippen LogP contribution in [0, 0.1) is 0 Å². The van der Waals surface area contributed by atoms with E-state index in [9.17, 15) is 13.6 Å². The Bertz CT molecular complexity index is 165. The molecule has 0 N–H and O–H groups in total. The van der Waals surface area contributed by atoms with Crippen molar-refractivity contribution in [2.45, 2.75) is 24.6 Å². The minimum absolute atomic E-state index is 0.201. The van der Waals surface area contributed by atoms with Crippen LogP contribution >= 0.6 is 0 Å². The van der Waals surface area contributed by atoms with E-state index in [2.05, 4.69) is 9.47 Å². The molecule has 2 radical (unpaired) electrons. The Balaban J connectivity index is 2.04. The summed E-state index contributed by atoms with van der Waals surface area (Å²) in [7, 11) is -0.373. The SMILES string of the molecule is O=C1OCC(CC[Si]C(F)F)O1. The van der Waals surface area contributed by atoms with E-state index in [1.54, 1.807) is 0 Å². The molecule has 0 spiro atoms. The van der Waals surface area contributed by atoms with Crippen molar-refractivity contribution in [3.63, 3.8) is 0 Å². The first kappa shape index (κ1) is 9.44. The summed E-state index contributed by atoms with van der Waals surface area (Å²) in [6.45, 7) is 0.201. The van der Waals surface area contributed by atoms with Crippen LogP contribution in [-0.4, -0.2) is 34.4 Å². The Morgan fingerprint density at radius 1 is 1.67 bits per heavy atom. The Morgan fingerprint density at radius 2 is 2.42 bits per heavy atom. The quantitative estimate of drug-likeness (QED) is 0.499. The fourth-order valence-electron chi connectivity index (χ4n) is 0.861. The van der Waals surface area contributed by atoms with Crippen molar-refractivity contribution in [1.82, 2.24) is 0 Å². The zero-order valence-corrected chi connectivity index (χ0v) is 7.26. The van der Waals surface area contributed by atoms with Crippen molar-refractivity contribution < 1.29 is 23.0 Å². The van der Waals surface area contributed by atoms with E-state index in [4.69, 9.17) is 0 Å². The molecule has 1 unspecified atom stereocenters. The molecule has 0 bridgehead atoms. The number of ether oxygens (including phenoxy) is 2. The lowest BCUT2D eigenvalue weighted by atomic mass is 10.3. The fourth-order valence-corrected chi connectivity index (χ4v) is 1.57. The lowest BCUT2D eigenvalue weighted by Gasteiger charge is -2.03. The van der Waals surface area contributed by atoms with Gasteiger partial charge in [0.05, 0.1) is 0 Å². The van der Waals surface area contributed by atoms with Gasteiger partial charge in [-0.1, -0.05) is 6.04 Å². The van der Waals surface area contributed by atoms with Crippen LogP contribution in [-0.2, 0) is 9.47 Å². The van der Waals surface area contributed by atoms with Crippen LogP contribution in [0.15, 0.2) is 0 Å². The monoisotopic (exact) mass is 194 g/mol. The van der Waals surface area contributed by atoms with E-state index < -0.39 is 12.2 Å². The van der Waals surface area contributed by atoms with Crippen LogP contribution in [0.3, 0.4) is 0 Å². The molecule has 1 atom stereocenters. The molecule has 1 heterocycles. The zero-order chi connectivity index (χ0) is 8.97. The number of alkyl halides is 2. The summed E-state index contributed by atoms with van der Waals surface area (Å²) in [4.78, 5) is 10.4. The van der Waals surface area contributed by atoms with Gasteiger partial charge in [0.25, 0.3) is 0 Å². The fraction of sp³-hybridized carbons (Fsp3) is 0.833. The van der Waals surface area contributed by atoms with E-state index in [1.165, 1.54) is 0 Å². The van der Waals surface area contributed by atoms with Gasteiger partial charge < -0.3 is 9.47 Å². The van der Waals surface area contributed by atoms with Crippen LogP contribution in [0.4, 0.5) is 13.6 Å². The van der Waals surface area contributed by atoms with Gasteiger partial charge in [0.2, 0.25) is 6.05 Å². The summed E-state index contributed by atoms with van der Waals surface area (Å²) in [5, 5.41) is 0. The molecular formula is C6H8F2O3Si. The molecule has 68 valence electrons. The summed E-state index contributed by atoms with van der Waals surface area (Å²) >= 11 is 0. The van der Waals surface area contributed by atoms with E-state index in [1.807, 2.05) is 0 Å². The van der Waals surface area contributed by atoms with Crippen LogP contribution in [0.2, 0.25) is 6.04 Å². The Kier molecular flexibility index (Phi) is 3.45. The van der Waals surface area contributed by atoms with Crippen LogP contribution in [0.5, 0.6) is 0 Å². The van der Waals surface area contributed by atoms with Gasteiger partial charge in [0, 0.05) is 0 Å². The third-order valence-corrected chi connectivity index (χ3v) is 2.30. The van der Waals surface area contributed by atoms with Crippen LogP contribution in [0.1, 0.15) is 6.42 Å². The number of hydrogen-bond acceptors (Lipinski definition) is 3. The van der Waals surface area contributed by atoms with Crippen molar-refractivity contribution >= 4 is 15.7 Å². The second kappa shape index (κ2) is 4.39. The van der Waals surface area contributed by atoms with Crippen molar-refractivity contribution in [2.75, 3.05) is 6.61 Å². The van der Waals surface area contributed by atoms with E-state index in [0.717, 1.165) is 0 Å². The van der Waals surface area contributed by atoms with Gasteiger partial charge in [0.15, 0.2) is 0 Å². The average Bonchev–Trinajstić information content (AvgIpc) is 2.35. The summed E-state index contributed by atoms with van der Waals surface area (Å²) in [6.07, 6.45) is -0.543. The summed E-state index contributed by atoms with van der Waals surface area (Å²) in [5.74, 6) is 0. The maximum Gasteiger partial charge on any atom is 0.508 e. The molecule has 0 aliphatic carbocycles. The molecule has 0 amide bonds. The zero-order valence-electron chi connectivity index (χ0n) is 6.26. The molecule has 0 aromatic heterocycles. The molecule has 1 saturated heterocycles. The normalized spacial score (nSPS) is 22.6. The highest BCUT2D eigenvalue weighted by Crippen LogP contribution is 2.12. The first-order valence-electron chi connectivity index (χ1n) is 3.53. The minimum atomic E-state index is -2.25. The number of halogens is 2. The molecule has 1 aliphatic heterocycles. The van der Waals surface area contributed by atoms with Gasteiger partial charge in [-0.05, 0) is 6.42 Å². The molecular weight excluding hydrogens is 186 g/mol.